The van der Waals surface area contributed by atoms with Crippen molar-refractivity contribution in [3.8, 4) is 0 Å². The summed E-state index contributed by atoms with van der Waals surface area (Å²) in [6.45, 7) is 4.65. The van der Waals surface area contributed by atoms with Crippen LogP contribution in [-0.4, -0.2) is 23.2 Å². The summed E-state index contributed by atoms with van der Waals surface area (Å²) in [6, 6.07) is 6.37. The van der Waals surface area contributed by atoms with Crippen molar-refractivity contribution in [1.29, 1.82) is 0 Å². The van der Waals surface area contributed by atoms with Crippen molar-refractivity contribution in [3.63, 3.8) is 0 Å². The fourth-order valence-electron chi connectivity index (χ4n) is 1.34. The van der Waals surface area contributed by atoms with E-state index < -0.39 is 4.92 Å². The molecule has 0 bridgehead atoms. The Morgan fingerprint density at radius 2 is 2.24 bits per heavy atom. The summed E-state index contributed by atoms with van der Waals surface area (Å²) in [4.78, 5) is 10.2. The Kier molecular flexibility index (Phi) is 4.45. The number of aliphatic hydroxyl groups is 1. The Labute approximate surface area is 101 Å². The minimum atomic E-state index is -0.420. The Balaban J connectivity index is 2.69. The lowest BCUT2D eigenvalue weighted by atomic mass is 9.88. The van der Waals surface area contributed by atoms with Gasteiger partial charge in [-0.25, -0.2) is 0 Å². The molecular formula is C12H18N2O3. The molecule has 0 fully saturated rings. The number of benzene rings is 1. The van der Waals surface area contributed by atoms with Crippen LogP contribution < -0.4 is 5.32 Å². The predicted molar refractivity (Wildman–Crippen MR) is 67.1 cm³/mol. The zero-order valence-electron chi connectivity index (χ0n) is 10.1. The molecule has 0 radical (unpaired) electrons. The summed E-state index contributed by atoms with van der Waals surface area (Å²) in [6.07, 6.45) is 0.839. The summed E-state index contributed by atoms with van der Waals surface area (Å²) in [5, 5.41) is 23.0. The molecule has 0 aromatic heterocycles. The van der Waals surface area contributed by atoms with Crippen molar-refractivity contribution < 1.29 is 10.0 Å². The van der Waals surface area contributed by atoms with Gasteiger partial charge in [-0.05, 0) is 12.5 Å². The fraction of sp³-hybridized carbons (Fsp3) is 0.500. The molecule has 1 rings (SSSR count). The highest BCUT2D eigenvalue weighted by Gasteiger charge is 2.20. The van der Waals surface area contributed by atoms with Gasteiger partial charge in [0, 0.05) is 29.8 Å². The molecule has 5 nitrogen and oxygen atoms in total. The van der Waals surface area contributed by atoms with Gasteiger partial charge in [0.1, 0.15) is 0 Å². The maximum Gasteiger partial charge on any atom is 0.271 e. The normalized spacial score (nSPS) is 14.1. The molecule has 94 valence electrons. The molecule has 1 atom stereocenters. The van der Waals surface area contributed by atoms with Crippen LogP contribution in [-0.2, 0) is 0 Å². The van der Waals surface area contributed by atoms with Crippen LogP contribution in [0.15, 0.2) is 24.3 Å². The highest BCUT2D eigenvalue weighted by atomic mass is 16.6. The molecule has 1 aromatic rings. The number of anilines is 1. The van der Waals surface area contributed by atoms with Crippen molar-refractivity contribution in [2.24, 2.45) is 5.41 Å². The first kappa shape index (κ1) is 13.4. The lowest BCUT2D eigenvalue weighted by Gasteiger charge is -2.26. The summed E-state index contributed by atoms with van der Waals surface area (Å²) in [7, 11) is 0. The fourth-order valence-corrected chi connectivity index (χ4v) is 1.34. The van der Waals surface area contributed by atoms with E-state index in [0.29, 0.717) is 12.2 Å². The molecule has 2 N–H and O–H groups in total. The van der Waals surface area contributed by atoms with Gasteiger partial charge in [-0.1, -0.05) is 19.9 Å². The first-order chi connectivity index (χ1) is 8.00. The first-order valence-electron chi connectivity index (χ1n) is 5.60. The number of nitro groups is 1. The zero-order valence-corrected chi connectivity index (χ0v) is 10.1. The van der Waals surface area contributed by atoms with Crippen LogP contribution in [0.1, 0.15) is 20.3 Å². The maximum atomic E-state index is 10.6. The molecule has 17 heavy (non-hydrogen) atoms. The number of hydrogen-bond acceptors (Lipinski definition) is 4. The van der Waals surface area contributed by atoms with Crippen LogP contribution in [0.2, 0.25) is 0 Å². The highest BCUT2D eigenvalue weighted by Crippen LogP contribution is 2.22. The third-order valence-corrected chi connectivity index (χ3v) is 3.01. The van der Waals surface area contributed by atoms with Gasteiger partial charge >= 0.3 is 0 Å². The number of nitrogens with one attached hydrogen (secondary N) is 1. The summed E-state index contributed by atoms with van der Waals surface area (Å²) in [5.74, 6) is 0. The van der Waals surface area contributed by atoms with Crippen molar-refractivity contribution in [2.75, 3.05) is 18.5 Å². The minimum Gasteiger partial charge on any atom is -0.396 e. The quantitative estimate of drug-likeness (QED) is 0.589. The van der Waals surface area contributed by atoms with Gasteiger partial charge in [0.25, 0.3) is 5.69 Å². The van der Waals surface area contributed by atoms with Gasteiger partial charge in [-0.15, -0.1) is 0 Å². The van der Waals surface area contributed by atoms with Gasteiger partial charge in [-0.2, -0.15) is 0 Å². The Morgan fingerprint density at radius 1 is 1.53 bits per heavy atom. The van der Waals surface area contributed by atoms with Gasteiger partial charge < -0.3 is 10.4 Å². The van der Waals surface area contributed by atoms with Crippen LogP contribution in [0, 0.1) is 15.5 Å². The summed E-state index contributed by atoms with van der Waals surface area (Å²) >= 11 is 0. The molecule has 0 aliphatic rings. The van der Waals surface area contributed by atoms with Gasteiger partial charge in [0.05, 0.1) is 11.5 Å². The minimum absolute atomic E-state index is 0.0669. The first-order valence-corrected chi connectivity index (χ1v) is 5.60. The van der Waals surface area contributed by atoms with E-state index in [0.717, 1.165) is 6.42 Å². The molecule has 1 unspecified atom stereocenters. The van der Waals surface area contributed by atoms with Crippen LogP contribution in [0.5, 0.6) is 0 Å². The smallest absolute Gasteiger partial charge is 0.271 e. The molecule has 0 amide bonds. The van der Waals surface area contributed by atoms with E-state index in [2.05, 4.69) is 5.32 Å². The predicted octanol–water partition coefficient (Wildman–Crippen LogP) is 2.42. The van der Waals surface area contributed by atoms with Crippen LogP contribution in [0.4, 0.5) is 11.4 Å². The summed E-state index contributed by atoms with van der Waals surface area (Å²) in [5.41, 5.74) is 0.564. The largest absolute Gasteiger partial charge is 0.396 e. The van der Waals surface area contributed by atoms with E-state index in [1.807, 2.05) is 13.8 Å². The zero-order chi connectivity index (χ0) is 12.9. The van der Waals surface area contributed by atoms with Crippen molar-refractivity contribution >= 4 is 11.4 Å². The Hall–Kier alpha value is -1.62. The topological polar surface area (TPSA) is 75.4 Å². The standard InChI is InChI=1S/C12H18N2O3/c1-3-12(2,9-15)8-13-10-5-4-6-11(7-10)14(16)17/h4-7,13,15H,3,8-9H2,1-2H3. The van der Waals surface area contributed by atoms with Crippen LogP contribution in [0.25, 0.3) is 0 Å². The van der Waals surface area contributed by atoms with E-state index in [9.17, 15) is 15.2 Å². The molecular weight excluding hydrogens is 220 g/mol. The van der Waals surface area contributed by atoms with E-state index in [-0.39, 0.29) is 17.7 Å². The number of rotatable bonds is 6. The number of non-ortho nitro benzene ring substituents is 1. The number of aliphatic hydroxyl groups excluding tert-OH is 1. The van der Waals surface area contributed by atoms with E-state index >= 15 is 0 Å². The second-order valence-electron chi connectivity index (χ2n) is 4.48. The van der Waals surface area contributed by atoms with Crippen LogP contribution in [0.3, 0.4) is 0 Å². The van der Waals surface area contributed by atoms with E-state index in [4.69, 9.17) is 0 Å². The number of nitro benzene ring substituents is 1. The average molecular weight is 238 g/mol. The molecule has 0 heterocycles. The molecule has 0 saturated heterocycles. The Morgan fingerprint density at radius 3 is 2.76 bits per heavy atom. The van der Waals surface area contributed by atoms with Gasteiger partial charge in [-0.3, -0.25) is 10.1 Å². The Bertz CT molecular complexity index is 389. The van der Waals surface area contributed by atoms with Crippen LogP contribution >= 0.6 is 0 Å². The van der Waals surface area contributed by atoms with E-state index in [1.165, 1.54) is 12.1 Å². The molecule has 5 heteroatoms. The van der Waals surface area contributed by atoms with Gasteiger partial charge in [0.2, 0.25) is 0 Å². The SMILES string of the molecule is CCC(C)(CO)CNc1cccc([N+](=O)[O-])c1. The molecule has 0 aliphatic carbocycles. The van der Waals surface area contributed by atoms with E-state index in [1.54, 1.807) is 12.1 Å². The monoisotopic (exact) mass is 238 g/mol. The molecule has 0 saturated carbocycles. The lowest BCUT2D eigenvalue weighted by Crippen LogP contribution is -2.29. The average Bonchev–Trinajstić information content (AvgIpc) is 2.36. The second kappa shape index (κ2) is 5.63. The third kappa shape index (κ3) is 3.71. The summed E-state index contributed by atoms with van der Waals surface area (Å²) < 4.78 is 0. The second-order valence-corrected chi connectivity index (χ2v) is 4.48. The van der Waals surface area contributed by atoms with Gasteiger partial charge in [0.15, 0.2) is 0 Å². The number of hydrogen-bond donors (Lipinski definition) is 2. The molecule has 0 aliphatic heterocycles. The molecule has 1 aromatic carbocycles. The molecule has 0 spiro atoms. The lowest BCUT2D eigenvalue weighted by molar-refractivity contribution is -0.384. The van der Waals surface area contributed by atoms with Crippen molar-refractivity contribution in [1.82, 2.24) is 0 Å². The van der Waals surface area contributed by atoms with Crippen molar-refractivity contribution in [3.05, 3.63) is 34.4 Å². The maximum absolute atomic E-state index is 10.6. The number of nitrogens with zero attached hydrogens (tertiary/aromatic N) is 1. The third-order valence-electron chi connectivity index (χ3n) is 3.01. The van der Waals surface area contributed by atoms with Crippen molar-refractivity contribution in [2.45, 2.75) is 20.3 Å². The highest BCUT2D eigenvalue weighted by molar-refractivity contribution is 5.51.